The minimum absolute atomic E-state index is 0.0290. The molecule has 2 N–H and O–H groups in total. The molecule has 2 aromatic rings. The number of hydrogen-bond acceptors (Lipinski definition) is 3. The number of carbonyl (C=O) groups is 2. The van der Waals surface area contributed by atoms with Crippen molar-refractivity contribution >= 4 is 17.5 Å². The van der Waals surface area contributed by atoms with Crippen molar-refractivity contribution in [2.24, 2.45) is 11.8 Å². The summed E-state index contributed by atoms with van der Waals surface area (Å²) in [5.74, 6) is 1.17. The van der Waals surface area contributed by atoms with E-state index in [1.807, 2.05) is 30.3 Å². The predicted octanol–water partition coefficient (Wildman–Crippen LogP) is 3.09. The number of amides is 2. The van der Waals surface area contributed by atoms with Crippen LogP contribution in [0.25, 0.3) is 0 Å². The average molecular weight is 338 g/mol. The van der Waals surface area contributed by atoms with Gasteiger partial charge in [-0.05, 0) is 42.7 Å². The Bertz CT molecular complexity index is 746. The molecule has 0 aromatic heterocycles. The molecular formula is C20H22N2O3. The fourth-order valence-corrected chi connectivity index (χ4v) is 2.61. The molecule has 1 aliphatic rings. The van der Waals surface area contributed by atoms with Crippen LogP contribution in [0, 0.1) is 11.8 Å². The van der Waals surface area contributed by atoms with Crippen LogP contribution in [0.4, 0.5) is 5.69 Å². The lowest BCUT2D eigenvalue weighted by Gasteiger charge is -2.09. The number of rotatable bonds is 7. The van der Waals surface area contributed by atoms with E-state index in [1.54, 1.807) is 24.3 Å². The number of hydrogen-bond donors (Lipinski definition) is 2. The topological polar surface area (TPSA) is 67.4 Å². The highest BCUT2D eigenvalue weighted by Crippen LogP contribution is 2.38. The smallest absolute Gasteiger partial charge is 0.251 e. The second-order valence-corrected chi connectivity index (χ2v) is 6.31. The van der Waals surface area contributed by atoms with Crippen LogP contribution in [0.2, 0.25) is 0 Å². The molecule has 3 rings (SSSR count). The standard InChI is InChI=1S/C20H22N2O3/c1-14-12-18(14)20(24)22-16-7-5-6-15(13-16)19(23)21-10-11-25-17-8-3-2-4-9-17/h2-9,13-14,18H,10-12H2,1H3,(H,21,23)(H,22,24)/t14-,18+/m0/s1. The lowest BCUT2D eigenvalue weighted by Crippen LogP contribution is -2.28. The molecule has 1 saturated carbocycles. The summed E-state index contributed by atoms with van der Waals surface area (Å²) in [6.45, 7) is 2.86. The summed E-state index contributed by atoms with van der Waals surface area (Å²) in [7, 11) is 0. The predicted molar refractivity (Wildman–Crippen MR) is 96.6 cm³/mol. The van der Waals surface area contributed by atoms with Gasteiger partial charge in [-0.25, -0.2) is 0 Å². The largest absolute Gasteiger partial charge is 0.492 e. The molecule has 2 amide bonds. The highest BCUT2D eigenvalue weighted by molar-refractivity contribution is 5.98. The Labute approximate surface area is 147 Å². The molecule has 0 bridgehead atoms. The van der Waals surface area contributed by atoms with Gasteiger partial charge in [-0.2, -0.15) is 0 Å². The molecule has 5 nitrogen and oxygen atoms in total. The first kappa shape index (κ1) is 17.0. The van der Waals surface area contributed by atoms with Gasteiger partial charge in [0.05, 0.1) is 6.54 Å². The zero-order chi connectivity index (χ0) is 17.6. The maximum absolute atomic E-state index is 12.2. The van der Waals surface area contributed by atoms with E-state index in [1.165, 1.54) is 0 Å². The van der Waals surface area contributed by atoms with Crippen LogP contribution in [0.1, 0.15) is 23.7 Å². The van der Waals surface area contributed by atoms with Crippen LogP contribution < -0.4 is 15.4 Å². The van der Waals surface area contributed by atoms with Crippen LogP contribution >= 0.6 is 0 Å². The van der Waals surface area contributed by atoms with Crippen molar-refractivity contribution in [3.8, 4) is 5.75 Å². The van der Waals surface area contributed by atoms with Crippen molar-refractivity contribution in [1.82, 2.24) is 5.32 Å². The SMILES string of the molecule is C[C@H]1C[C@H]1C(=O)Nc1cccc(C(=O)NCCOc2ccccc2)c1. The molecule has 0 saturated heterocycles. The van der Waals surface area contributed by atoms with Crippen molar-refractivity contribution in [2.45, 2.75) is 13.3 Å². The Morgan fingerprint density at radius 1 is 1.12 bits per heavy atom. The number of para-hydroxylation sites is 1. The summed E-state index contributed by atoms with van der Waals surface area (Å²) in [5, 5.41) is 5.69. The van der Waals surface area contributed by atoms with Gasteiger partial charge in [0.2, 0.25) is 5.91 Å². The highest BCUT2D eigenvalue weighted by Gasteiger charge is 2.39. The van der Waals surface area contributed by atoms with Gasteiger partial charge in [0.25, 0.3) is 5.91 Å². The number of nitrogens with one attached hydrogen (secondary N) is 2. The third-order valence-corrected chi connectivity index (χ3v) is 4.24. The van der Waals surface area contributed by atoms with E-state index >= 15 is 0 Å². The maximum Gasteiger partial charge on any atom is 0.251 e. The molecule has 5 heteroatoms. The number of benzene rings is 2. The molecule has 0 aliphatic heterocycles. The minimum atomic E-state index is -0.187. The second kappa shape index (κ2) is 7.83. The minimum Gasteiger partial charge on any atom is -0.492 e. The summed E-state index contributed by atoms with van der Waals surface area (Å²) < 4.78 is 5.54. The van der Waals surface area contributed by atoms with Crippen molar-refractivity contribution in [2.75, 3.05) is 18.5 Å². The van der Waals surface area contributed by atoms with Crippen LogP contribution in [0.5, 0.6) is 5.75 Å². The zero-order valence-electron chi connectivity index (χ0n) is 14.2. The maximum atomic E-state index is 12.2. The molecule has 25 heavy (non-hydrogen) atoms. The lowest BCUT2D eigenvalue weighted by atomic mass is 10.2. The second-order valence-electron chi connectivity index (χ2n) is 6.31. The van der Waals surface area contributed by atoms with Gasteiger partial charge in [0.15, 0.2) is 0 Å². The Morgan fingerprint density at radius 3 is 2.60 bits per heavy atom. The normalized spacial score (nSPS) is 18.3. The molecule has 2 aromatic carbocycles. The van der Waals surface area contributed by atoms with Gasteiger partial charge in [0.1, 0.15) is 12.4 Å². The lowest BCUT2D eigenvalue weighted by molar-refractivity contribution is -0.117. The summed E-state index contributed by atoms with van der Waals surface area (Å²) >= 11 is 0. The van der Waals surface area contributed by atoms with E-state index in [0.717, 1.165) is 12.2 Å². The third-order valence-electron chi connectivity index (χ3n) is 4.24. The van der Waals surface area contributed by atoms with Gasteiger partial charge in [-0.1, -0.05) is 31.2 Å². The van der Waals surface area contributed by atoms with Gasteiger partial charge >= 0.3 is 0 Å². The summed E-state index contributed by atoms with van der Waals surface area (Å²) in [6.07, 6.45) is 0.938. The highest BCUT2D eigenvalue weighted by atomic mass is 16.5. The molecule has 130 valence electrons. The van der Waals surface area contributed by atoms with E-state index < -0.39 is 0 Å². The fraction of sp³-hybridized carbons (Fsp3) is 0.300. The fourth-order valence-electron chi connectivity index (χ4n) is 2.61. The Hall–Kier alpha value is -2.82. The van der Waals surface area contributed by atoms with E-state index in [4.69, 9.17) is 4.74 Å². The zero-order valence-corrected chi connectivity index (χ0v) is 14.2. The van der Waals surface area contributed by atoms with E-state index in [-0.39, 0.29) is 17.7 Å². The van der Waals surface area contributed by atoms with Gasteiger partial charge in [-0.15, -0.1) is 0 Å². The number of ether oxygens (including phenoxy) is 1. The molecular weight excluding hydrogens is 316 g/mol. The first-order valence-electron chi connectivity index (χ1n) is 8.50. The Balaban J connectivity index is 1.46. The van der Waals surface area contributed by atoms with E-state index in [0.29, 0.717) is 30.3 Å². The van der Waals surface area contributed by atoms with Gasteiger partial charge in [-0.3, -0.25) is 9.59 Å². The van der Waals surface area contributed by atoms with Crippen LogP contribution in [0.3, 0.4) is 0 Å². The average Bonchev–Trinajstić information content (AvgIpc) is 3.37. The Kier molecular flexibility index (Phi) is 5.33. The van der Waals surface area contributed by atoms with Crippen molar-refractivity contribution in [1.29, 1.82) is 0 Å². The first-order chi connectivity index (χ1) is 12.1. The van der Waals surface area contributed by atoms with Gasteiger partial charge < -0.3 is 15.4 Å². The molecule has 1 aliphatic carbocycles. The third kappa shape index (κ3) is 4.83. The Morgan fingerprint density at radius 2 is 1.88 bits per heavy atom. The van der Waals surface area contributed by atoms with Crippen molar-refractivity contribution in [3.05, 3.63) is 60.2 Å². The molecule has 0 radical (unpaired) electrons. The molecule has 0 heterocycles. The molecule has 2 atom stereocenters. The van der Waals surface area contributed by atoms with Crippen molar-refractivity contribution in [3.63, 3.8) is 0 Å². The quantitative estimate of drug-likeness (QED) is 0.762. The first-order valence-corrected chi connectivity index (χ1v) is 8.50. The van der Waals surface area contributed by atoms with Gasteiger partial charge in [0, 0.05) is 17.2 Å². The van der Waals surface area contributed by atoms with Crippen LogP contribution in [0.15, 0.2) is 54.6 Å². The van der Waals surface area contributed by atoms with Crippen LogP contribution in [-0.2, 0) is 4.79 Å². The van der Waals surface area contributed by atoms with Crippen molar-refractivity contribution < 1.29 is 14.3 Å². The van der Waals surface area contributed by atoms with E-state index in [2.05, 4.69) is 17.6 Å². The summed E-state index contributed by atoms with van der Waals surface area (Å²) in [4.78, 5) is 24.2. The van der Waals surface area contributed by atoms with E-state index in [9.17, 15) is 9.59 Å². The molecule has 0 unspecified atom stereocenters. The van der Waals surface area contributed by atoms with Crippen LogP contribution in [-0.4, -0.2) is 25.0 Å². The summed E-state index contributed by atoms with van der Waals surface area (Å²) in [6, 6.07) is 16.4. The number of carbonyl (C=O) groups excluding carboxylic acids is 2. The molecule has 0 spiro atoms. The number of anilines is 1. The summed E-state index contributed by atoms with van der Waals surface area (Å²) in [5.41, 5.74) is 1.17. The monoisotopic (exact) mass is 338 g/mol. The molecule has 1 fully saturated rings.